The van der Waals surface area contributed by atoms with Gasteiger partial charge < -0.3 is 31.9 Å². The van der Waals surface area contributed by atoms with Gasteiger partial charge in [0.05, 0.1) is 6.04 Å². The first-order chi connectivity index (χ1) is 19.7. The number of carbonyl (C=O) groups excluding carboxylic acids is 3. The van der Waals surface area contributed by atoms with Gasteiger partial charge in [-0.3, -0.25) is 14.4 Å². The molecule has 216 valence electrons. The summed E-state index contributed by atoms with van der Waals surface area (Å²) in [7, 11) is 0. The number of thiol groups is 1. The number of aliphatic carboxylic acids is 1. The SMILES string of the molecule is N[C@@H](CS)C(=O)N[C@@H](Cc1ccccc1)C(=O)N[C@@H](Cc1ccc(O)cc1)C(=O)N[C@@H](Cc1ccccc1)C(=O)O. The maximum absolute atomic E-state index is 13.5. The molecule has 0 heterocycles. The maximum atomic E-state index is 13.5. The third-order valence-corrected chi connectivity index (χ3v) is 6.75. The number of aromatic hydroxyl groups is 1. The van der Waals surface area contributed by atoms with Crippen molar-refractivity contribution in [1.82, 2.24) is 16.0 Å². The molecular weight excluding hydrogens is 544 g/mol. The summed E-state index contributed by atoms with van der Waals surface area (Å²) < 4.78 is 0. The van der Waals surface area contributed by atoms with Crippen molar-refractivity contribution in [3.05, 3.63) is 102 Å². The van der Waals surface area contributed by atoms with Crippen LogP contribution in [0.2, 0.25) is 0 Å². The number of hydrogen-bond donors (Lipinski definition) is 7. The van der Waals surface area contributed by atoms with Crippen molar-refractivity contribution in [1.29, 1.82) is 0 Å². The average molecular weight is 579 g/mol. The highest BCUT2D eigenvalue weighted by atomic mass is 32.1. The second-order valence-corrected chi connectivity index (χ2v) is 9.93. The van der Waals surface area contributed by atoms with E-state index < -0.39 is 47.9 Å². The molecule has 0 bridgehead atoms. The molecule has 3 aromatic carbocycles. The predicted octanol–water partition coefficient (Wildman–Crippen LogP) is 1.22. The fourth-order valence-corrected chi connectivity index (χ4v) is 4.26. The predicted molar refractivity (Wildman–Crippen MR) is 157 cm³/mol. The molecule has 0 aromatic heterocycles. The lowest BCUT2D eigenvalue weighted by Gasteiger charge is -2.25. The molecule has 3 amide bonds. The first-order valence-corrected chi connectivity index (χ1v) is 13.7. The maximum Gasteiger partial charge on any atom is 0.326 e. The van der Waals surface area contributed by atoms with Crippen LogP contribution in [0, 0.1) is 0 Å². The Morgan fingerprint density at radius 2 is 1.02 bits per heavy atom. The quantitative estimate of drug-likeness (QED) is 0.141. The van der Waals surface area contributed by atoms with Crippen molar-refractivity contribution < 1.29 is 29.4 Å². The fourth-order valence-electron chi connectivity index (χ4n) is 4.09. The van der Waals surface area contributed by atoms with Gasteiger partial charge in [0.2, 0.25) is 17.7 Å². The molecule has 4 atom stereocenters. The summed E-state index contributed by atoms with van der Waals surface area (Å²) >= 11 is 4.05. The lowest BCUT2D eigenvalue weighted by molar-refractivity contribution is -0.142. The lowest BCUT2D eigenvalue weighted by Crippen LogP contribution is -2.58. The van der Waals surface area contributed by atoms with Crippen molar-refractivity contribution in [3.63, 3.8) is 0 Å². The molecule has 0 saturated heterocycles. The Hall–Kier alpha value is -4.35. The first kappa shape index (κ1) is 31.2. The third-order valence-electron chi connectivity index (χ3n) is 6.36. The molecule has 0 radical (unpaired) electrons. The topological polar surface area (TPSA) is 171 Å². The van der Waals surface area contributed by atoms with Crippen LogP contribution in [0.3, 0.4) is 0 Å². The molecular formula is C30H34N4O6S. The van der Waals surface area contributed by atoms with E-state index in [2.05, 4.69) is 28.6 Å². The summed E-state index contributed by atoms with van der Waals surface area (Å²) in [5.41, 5.74) is 7.90. The van der Waals surface area contributed by atoms with Gasteiger partial charge in [-0.25, -0.2) is 4.79 Å². The number of nitrogens with two attached hydrogens (primary N) is 1. The highest BCUT2D eigenvalue weighted by molar-refractivity contribution is 7.80. The molecule has 7 N–H and O–H groups in total. The minimum atomic E-state index is -1.25. The van der Waals surface area contributed by atoms with Gasteiger partial charge in [0, 0.05) is 25.0 Å². The van der Waals surface area contributed by atoms with E-state index in [1.165, 1.54) is 12.1 Å². The first-order valence-electron chi connectivity index (χ1n) is 13.0. The van der Waals surface area contributed by atoms with E-state index in [0.29, 0.717) is 11.1 Å². The number of carbonyl (C=O) groups is 4. The third kappa shape index (κ3) is 9.96. The number of amides is 3. The highest BCUT2D eigenvalue weighted by Crippen LogP contribution is 2.13. The number of phenolic OH excluding ortho intramolecular Hbond substituents is 1. The van der Waals surface area contributed by atoms with Gasteiger partial charge in [0.25, 0.3) is 0 Å². The normalized spacial score (nSPS) is 13.7. The minimum absolute atomic E-state index is 0.00229. The van der Waals surface area contributed by atoms with E-state index in [4.69, 9.17) is 5.73 Å². The largest absolute Gasteiger partial charge is 0.508 e. The van der Waals surface area contributed by atoms with Crippen molar-refractivity contribution in [2.24, 2.45) is 5.73 Å². The summed E-state index contributed by atoms with van der Waals surface area (Å²) in [6, 6.07) is 19.5. The van der Waals surface area contributed by atoms with Crippen LogP contribution in [-0.4, -0.2) is 63.8 Å². The molecule has 0 aliphatic carbocycles. The van der Waals surface area contributed by atoms with Gasteiger partial charge in [0.1, 0.15) is 23.9 Å². The van der Waals surface area contributed by atoms with E-state index >= 15 is 0 Å². The van der Waals surface area contributed by atoms with E-state index in [1.807, 2.05) is 6.07 Å². The van der Waals surface area contributed by atoms with Crippen LogP contribution in [0.4, 0.5) is 0 Å². The molecule has 0 fully saturated rings. The second kappa shape index (κ2) is 15.4. The monoisotopic (exact) mass is 578 g/mol. The standard InChI is InChI=1S/C30H34N4O6S/c31-23(18-41)27(36)32-24(15-19-7-3-1-4-8-19)28(37)33-25(16-21-11-13-22(35)14-12-21)29(38)34-26(30(39)40)17-20-9-5-2-6-10-20/h1-14,23-26,35,41H,15-18,31H2,(H,32,36)(H,33,37)(H,34,38)(H,39,40)/t23-,24-,25-,26-/m0/s1. The average Bonchev–Trinajstić information content (AvgIpc) is 2.97. The summed E-state index contributed by atoms with van der Waals surface area (Å²) in [5.74, 6) is -3.08. The number of phenols is 1. The zero-order chi connectivity index (χ0) is 29.8. The number of rotatable bonds is 14. The van der Waals surface area contributed by atoms with E-state index in [-0.39, 0.29) is 30.8 Å². The van der Waals surface area contributed by atoms with E-state index in [1.54, 1.807) is 66.7 Å². The number of carboxylic acids is 1. The van der Waals surface area contributed by atoms with Gasteiger partial charge in [-0.15, -0.1) is 0 Å². The molecule has 3 aromatic rings. The number of nitrogens with one attached hydrogen (secondary N) is 3. The van der Waals surface area contributed by atoms with Gasteiger partial charge in [-0.2, -0.15) is 12.6 Å². The molecule has 10 nitrogen and oxygen atoms in total. The smallest absolute Gasteiger partial charge is 0.326 e. The Bertz CT molecular complexity index is 1310. The minimum Gasteiger partial charge on any atom is -0.508 e. The van der Waals surface area contributed by atoms with Crippen LogP contribution in [0.1, 0.15) is 16.7 Å². The lowest BCUT2D eigenvalue weighted by atomic mass is 10.0. The van der Waals surface area contributed by atoms with E-state index in [0.717, 1.165) is 5.56 Å². The Balaban J connectivity index is 1.85. The molecule has 41 heavy (non-hydrogen) atoms. The van der Waals surface area contributed by atoms with Gasteiger partial charge in [0.15, 0.2) is 0 Å². The van der Waals surface area contributed by atoms with Crippen LogP contribution in [0.15, 0.2) is 84.9 Å². The van der Waals surface area contributed by atoms with Crippen molar-refractivity contribution in [2.45, 2.75) is 43.4 Å². The van der Waals surface area contributed by atoms with Crippen molar-refractivity contribution in [2.75, 3.05) is 5.75 Å². The number of hydrogen-bond acceptors (Lipinski definition) is 7. The van der Waals surface area contributed by atoms with Crippen LogP contribution in [0.25, 0.3) is 0 Å². The molecule has 0 unspecified atom stereocenters. The Labute approximate surface area is 243 Å². The zero-order valence-electron chi connectivity index (χ0n) is 22.3. The van der Waals surface area contributed by atoms with Crippen molar-refractivity contribution >= 4 is 36.3 Å². The van der Waals surface area contributed by atoms with Crippen LogP contribution in [-0.2, 0) is 38.4 Å². The van der Waals surface area contributed by atoms with Crippen LogP contribution < -0.4 is 21.7 Å². The number of benzene rings is 3. The second-order valence-electron chi connectivity index (χ2n) is 9.56. The molecule has 3 rings (SSSR count). The van der Waals surface area contributed by atoms with Gasteiger partial charge in [-0.05, 0) is 28.8 Å². The van der Waals surface area contributed by atoms with Gasteiger partial charge >= 0.3 is 5.97 Å². The summed E-state index contributed by atoms with van der Waals surface area (Å²) in [5, 5.41) is 27.3. The Morgan fingerprint density at radius 1 is 0.634 bits per heavy atom. The summed E-state index contributed by atoms with van der Waals surface area (Å²) in [6.07, 6.45) is 0.158. The number of carboxylic acid groups (broad SMARTS) is 1. The molecule has 0 aliphatic rings. The molecule has 0 saturated carbocycles. The summed E-state index contributed by atoms with van der Waals surface area (Å²) in [4.78, 5) is 51.6. The highest BCUT2D eigenvalue weighted by Gasteiger charge is 2.30. The van der Waals surface area contributed by atoms with Crippen molar-refractivity contribution in [3.8, 4) is 5.75 Å². The molecule has 0 spiro atoms. The Kier molecular flexibility index (Phi) is 11.7. The molecule has 0 aliphatic heterocycles. The Morgan fingerprint density at radius 3 is 1.46 bits per heavy atom. The van der Waals surface area contributed by atoms with Crippen LogP contribution in [0.5, 0.6) is 5.75 Å². The van der Waals surface area contributed by atoms with Crippen LogP contribution >= 0.6 is 12.6 Å². The van der Waals surface area contributed by atoms with Gasteiger partial charge in [-0.1, -0.05) is 72.8 Å². The molecule has 11 heteroatoms. The zero-order valence-corrected chi connectivity index (χ0v) is 23.2. The fraction of sp³-hybridized carbons (Fsp3) is 0.267. The van der Waals surface area contributed by atoms with E-state index in [9.17, 15) is 29.4 Å². The summed E-state index contributed by atoms with van der Waals surface area (Å²) in [6.45, 7) is 0.